The van der Waals surface area contributed by atoms with E-state index in [2.05, 4.69) is 20.7 Å². The number of hydrogen-bond donors (Lipinski definition) is 4. The van der Waals surface area contributed by atoms with Crippen molar-refractivity contribution in [3.8, 4) is 0 Å². The standard InChI is InChI=1S/C8H13F2N5OS/c1-17-8-13-5(2-6(14-8)15-11)12-3-4(16)7(9)10/h2,4,7,16H,3,11H2,1H3,(H2,12,13,14,15). The number of thioether (sulfide) groups is 1. The van der Waals surface area contributed by atoms with Crippen LogP contribution < -0.4 is 16.6 Å². The fraction of sp³-hybridized carbons (Fsp3) is 0.500. The number of nitrogens with one attached hydrogen (secondary N) is 2. The molecule has 1 aromatic rings. The second kappa shape index (κ2) is 6.52. The molecule has 17 heavy (non-hydrogen) atoms. The van der Waals surface area contributed by atoms with Crippen LogP contribution in [0.1, 0.15) is 0 Å². The van der Waals surface area contributed by atoms with Gasteiger partial charge in [0.15, 0.2) is 5.16 Å². The summed E-state index contributed by atoms with van der Waals surface area (Å²) in [6.07, 6.45) is -2.76. The molecule has 0 amide bonds. The van der Waals surface area contributed by atoms with Gasteiger partial charge in [0.1, 0.15) is 17.7 Å². The molecule has 0 aliphatic carbocycles. The molecular weight excluding hydrogens is 252 g/mol. The molecule has 1 atom stereocenters. The maximum atomic E-state index is 12.1. The summed E-state index contributed by atoms with van der Waals surface area (Å²) in [5, 5.41) is 12.0. The highest BCUT2D eigenvalue weighted by molar-refractivity contribution is 7.98. The second-order valence-electron chi connectivity index (χ2n) is 3.05. The van der Waals surface area contributed by atoms with Crippen LogP contribution in [0.25, 0.3) is 0 Å². The van der Waals surface area contributed by atoms with Crippen LogP contribution in [0, 0.1) is 0 Å². The molecule has 5 N–H and O–H groups in total. The summed E-state index contributed by atoms with van der Waals surface area (Å²) >= 11 is 1.28. The Morgan fingerprint density at radius 1 is 1.47 bits per heavy atom. The van der Waals surface area contributed by atoms with E-state index in [4.69, 9.17) is 10.9 Å². The maximum Gasteiger partial charge on any atom is 0.265 e. The predicted octanol–water partition coefficient (Wildman–Crippen LogP) is 0.522. The molecule has 9 heteroatoms. The Bertz CT molecular complexity index is 346. The number of anilines is 2. The summed E-state index contributed by atoms with van der Waals surface area (Å²) in [5.41, 5.74) is 2.34. The first-order valence-electron chi connectivity index (χ1n) is 4.66. The molecule has 1 unspecified atom stereocenters. The number of nitrogen functional groups attached to an aromatic ring is 1. The smallest absolute Gasteiger partial charge is 0.265 e. The fourth-order valence-corrected chi connectivity index (χ4v) is 1.36. The lowest BCUT2D eigenvalue weighted by Crippen LogP contribution is -2.27. The van der Waals surface area contributed by atoms with Crippen LogP contribution in [-0.4, -0.2) is 40.4 Å². The number of halogens is 2. The molecule has 0 spiro atoms. The van der Waals surface area contributed by atoms with Crippen LogP contribution in [0.4, 0.5) is 20.4 Å². The van der Waals surface area contributed by atoms with Crippen molar-refractivity contribution in [1.29, 1.82) is 0 Å². The van der Waals surface area contributed by atoms with Crippen molar-refractivity contribution >= 4 is 23.4 Å². The third-order valence-corrected chi connectivity index (χ3v) is 2.37. The van der Waals surface area contributed by atoms with Crippen molar-refractivity contribution in [3.63, 3.8) is 0 Å². The highest BCUT2D eigenvalue weighted by Crippen LogP contribution is 2.16. The predicted molar refractivity (Wildman–Crippen MR) is 62.1 cm³/mol. The molecule has 0 saturated carbocycles. The van der Waals surface area contributed by atoms with Gasteiger partial charge in [-0.15, -0.1) is 0 Å². The first-order chi connectivity index (χ1) is 8.06. The van der Waals surface area contributed by atoms with E-state index in [9.17, 15) is 8.78 Å². The summed E-state index contributed by atoms with van der Waals surface area (Å²) in [6, 6.07) is 1.46. The number of nitrogens with two attached hydrogens (primary N) is 1. The summed E-state index contributed by atoms with van der Waals surface area (Å²) < 4.78 is 24.1. The molecule has 0 radical (unpaired) electrons. The van der Waals surface area contributed by atoms with Crippen molar-refractivity contribution in [2.45, 2.75) is 17.7 Å². The minimum atomic E-state index is -2.79. The quantitative estimate of drug-likeness (QED) is 0.258. The third kappa shape index (κ3) is 4.29. The first-order valence-corrected chi connectivity index (χ1v) is 5.89. The molecule has 0 aliphatic rings. The number of alkyl halides is 2. The van der Waals surface area contributed by atoms with Crippen molar-refractivity contribution in [2.75, 3.05) is 23.5 Å². The first kappa shape index (κ1) is 13.9. The van der Waals surface area contributed by atoms with Crippen LogP contribution in [0.5, 0.6) is 0 Å². The molecule has 0 fully saturated rings. The number of aromatic nitrogens is 2. The maximum absolute atomic E-state index is 12.1. The van der Waals surface area contributed by atoms with Gasteiger partial charge in [0.2, 0.25) is 0 Å². The number of hydrazine groups is 1. The van der Waals surface area contributed by atoms with Crippen LogP contribution in [0.15, 0.2) is 11.2 Å². The van der Waals surface area contributed by atoms with Crippen molar-refractivity contribution in [1.82, 2.24) is 9.97 Å². The Labute approximate surface area is 101 Å². The molecule has 0 saturated heterocycles. The summed E-state index contributed by atoms with van der Waals surface area (Å²) in [5.74, 6) is 5.88. The molecular formula is C8H13F2N5OS. The van der Waals surface area contributed by atoms with Crippen LogP contribution in [0.3, 0.4) is 0 Å². The highest BCUT2D eigenvalue weighted by Gasteiger charge is 2.16. The number of aliphatic hydroxyl groups is 1. The van der Waals surface area contributed by atoms with Crippen LogP contribution in [-0.2, 0) is 0 Å². The van der Waals surface area contributed by atoms with Crippen LogP contribution >= 0.6 is 11.8 Å². The fourth-order valence-electron chi connectivity index (χ4n) is 0.979. The van der Waals surface area contributed by atoms with E-state index in [-0.39, 0.29) is 6.54 Å². The molecule has 1 rings (SSSR count). The van der Waals surface area contributed by atoms with E-state index >= 15 is 0 Å². The molecule has 0 bridgehead atoms. The van der Waals surface area contributed by atoms with Gasteiger partial charge in [-0.2, -0.15) is 0 Å². The monoisotopic (exact) mass is 265 g/mol. The summed E-state index contributed by atoms with van der Waals surface area (Å²) in [6.45, 7) is -0.299. The molecule has 0 aromatic carbocycles. The molecule has 96 valence electrons. The summed E-state index contributed by atoms with van der Waals surface area (Å²) in [7, 11) is 0. The van der Waals surface area contributed by atoms with Crippen molar-refractivity contribution in [2.24, 2.45) is 5.84 Å². The largest absolute Gasteiger partial charge is 0.385 e. The van der Waals surface area contributed by atoms with E-state index in [0.29, 0.717) is 16.8 Å². The van der Waals surface area contributed by atoms with E-state index in [1.165, 1.54) is 17.8 Å². The normalized spacial score (nSPS) is 12.6. The zero-order valence-corrected chi connectivity index (χ0v) is 9.84. The minimum Gasteiger partial charge on any atom is -0.385 e. The van der Waals surface area contributed by atoms with Gasteiger partial charge in [-0.25, -0.2) is 24.6 Å². The second-order valence-corrected chi connectivity index (χ2v) is 3.83. The average Bonchev–Trinajstić information content (AvgIpc) is 2.35. The van der Waals surface area contributed by atoms with Gasteiger partial charge in [-0.3, -0.25) is 0 Å². The van der Waals surface area contributed by atoms with E-state index in [0.717, 1.165) is 0 Å². The Kier molecular flexibility index (Phi) is 5.32. The Morgan fingerprint density at radius 2 is 2.12 bits per heavy atom. The number of aliphatic hydroxyl groups excluding tert-OH is 1. The van der Waals surface area contributed by atoms with Crippen molar-refractivity contribution < 1.29 is 13.9 Å². The SMILES string of the molecule is CSc1nc(NN)cc(NCC(O)C(F)F)n1. The average molecular weight is 265 g/mol. The van der Waals surface area contributed by atoms with E-state index in [1.807, 2.05) is 0 Å². The van der Waals surface area contributed by atoms with Gasteiger partial charge in [0, 0.05) is 12.6 Å². The van der Waals surface area contributed by atoms with E-state index in [1.54, 1.807) is 6.26 Å². The topological polar surface area (TPSA) is 96.1 Å². The molecule has 6 nitrogen and oxygen atoms in total. The molecule has 1 heterocycles. The van der Waals surface area contributed by atoms with Crippen molar-refractivity contribution in [3.05, 3.63) is 6.07 Å². The van der Waals surface area contributed by atoms with Crippen LogP contribution in [0.2, 0.25) is 0 Å². The summed E-state index contributed by atoms with van der Waals surface area (Å²) in [4.78, 5) is 8.02. The number of rotatable bonds is 6. The lowest BCUT2D eigenvalue weighted by molar-refractivity contribution is 0.00380. The zero-order valence-electron chi connectivity index (χ0n) is 9.02. The number of hydrogen-bond acceptors (Lipinski definition) is 7. The lowest BCUT2D eigenvalue weighted by atomic mass is 10.3. The third-order valence-electron chi connectivity index (χ3n) is 1.82. The molecule has 1 aromatic heterocycles. The van der Waals surface area contributed by atoms with Gasteiger partial charge >= 0.3 is 0 Å². The Morgan fingerprint density at radius 3 is 2.65 bits per heavy atom. The Balaban J connectivity index is 2.70. The zero-order chi connectivity index (χ0) is 12.8. The van der Waals surface area contributed by atoms with E-state index < -0.39 is 12.5 Å². The lowest BCUT2D eigenvalue weighted by Gasteiger charge is -2.12. The van der Waals surface area contributed by atoms with Gasteiger partial charge < -0.3 is 15.8 Å². The highest BCUT2D eigenvalue weighted by atomic mass is 32.2. The molecule has 0 aliphatic heterocycles. The van der Waals surface area contributed by atoms with Gasteiger partial charge in [0.25, 0.3) is 6.43 Å². The number of nitrogens with zero attached hydrogens (tertiary/aromatic N) is 2. The van der Waals surface area contributed by atoms with Gasteiger partial charge in [-0.05, 0) is 6.26 Å². The Hall–Kier alpha value is -1.19. The minimum absolute atomic E-state index is 0.299. The van der Waals surface area contributed by atoms with Gasteiger partial charge in [0.05, 0.1) is 0 Å². The van der Waals surface area contributed by atoms with Gasteiger partial charge in [-0.1, -0.05) is 11.8 Å².